The SMILES string of the molecule is O=C(Nc1ccc(-c2ccccc2)cn1)c1cnc(Cl)c(Cl)c1. The summed E-state index contributed by atoms with van der Waals surface area (Å²) >= 11 is 11.6. The summed E-state index contributed by atoms with van der Waals surface area (Å²) in [6.07, 6.45) is 3.07. The van der Waals surface area contributed by atoms with E-state index in [-0.39, 0.29) is 16.1 Å². The Hall–Kier alpha value is -2.43. The van der Waals surface area contributed by atoms with Gasteiger partial charge in [0.25, 0.3) is 5.91 Å². The van der Waals surface area contributed by atoms with Crippen LogP contribution in [-0.2, 0) is 0 Å². The second-order valence-electron chi connectivity index (χ2n) is 4.75. The lowest BCUT2D eigenvalue weighted by Gasteiger charge is -2.06. The summed E-state index contributed by atoms with van der Waals surface area (Å²) in [6.45, 7) is 0. The summed E-state index contributed by atoms with van der Waals surface area (Å²) in [7, 11) is 0. The van der Waals surface area contributed by atoms with E-state index in [1.165, 1.54) is 12.3 Å². The Kier molecular flexibility index (Phi) is 4.55. The van der Waals surface area contributed by atoms with Gasteiger partial charge >= 0.3 is 0 Å². The van der Waals surface area contributed by atoms with Crippen LogP contribution in [0.4, 0.5) is 5.82 Å². The second-order valence-corrected chi connectivity index (χ2v) is 5.51. The molecule has 0 aliphatic carbocycles. The van der Waals surface area contributed by atoms with Crippen molar-refractivity contribution in [1.82, 2.24) is 9.97 Å². The first kappa shape index (κ1) is 15.5. The summed E-state index contributed by atoms with van der Waals surface area (Å²) in [5.41, 5.74) is 2.35. The van der Waals surface area contributed by atoms with E-state index in [0.717, 1.165) is 11.1 Å². The maximum absolute atomic E-state index is 12.1. The molecule has 0 unspecified atom stereocenters. The minimum atomic E-state index is -0.351. The van der Waals surface area contributed by atoms with Crippen molar-refractivity contribution < 1.29 is 4.79 Å². The van der Waals surface area contributed by atoms with Crippen LogP contribution in [0.15, 0.2) is 60.9 Å². The van der Waals surface area contributed by atoms with Crippen LogP contribution in [0.2, 0.25) is 10.2 Å². The van der Waals surface area contributed by atoms with Crippen molar-refractivity contribution in [2.24, 2.45) is 0 Å². The third kappa shape index (κ3) is 3.67. The van der Waals surface area contributed by atoms with Gasteiger partial charge in [-0.1, -0.05) is 53.5 Å². The molecule has 0 atom stereocenters. The topological polar surface area (TPSA) is 54.9 Å². The van der Waals surface area contributed by atoms with Crippen molar-refractivity contribution in [2.75, 3.05) is 5.32 Å². The monoisotopic (exact) mass is 343 g/mol. The number of amides is 1. The number of rotatable bonds is 3. The molecule has 0 fully saturated rings. The summed E-state index contributed by atoms with van der Waals surface area (Å²) in [4.78, 5) is 20.2. The maximum Gasteiger partial charge on any atom is 0.258 e. The van der Waals surface area contributed by atoms with Crippen molar-refractivity contribution in [2.45, 2.75) is 0 Å². The molecule has 1 aromatic carbocycles. The zero-order valence-electron chi connectivity index (χ0n) is 11.8. The van der Waals surface area contributed by atoms with Crippen molar-refractivity contribution in [1.29, 1.82) is 0 Å². The Morgan fingerprint density at radius 3 is 2.35 bits per heavy atom. The molecule has 1 amide bonds. The average molecular weight is 344 g/mol. The van der Waals surface area contributed by atoms with Gasteiger partial charge in [-0.2, -0.15) is 0 Å². The Morgan fingerprint density at radius 2 is 1.70 bits per heavy atom. The molecular weight excluding hydrogens is 333 g/mol. The standard InChI is InChI=1S/C17H11Cl2N3O/c18-14-8-13(10-21-16(14)19)17(23)22-15-7-6-12(9-20-15)11-4-2-1-3-5-11/h1-10H,(H,20,22,23). The average Bonchev–Trinajstić information content (AvgIpc) is 2.59. The quantitative estimate of drug-likeness (QED) is 0.701. The number of hydrogen-bond donors (Lipinski definition) is 1. The first-order chi connectivity index (χ1) is 11.1. The Bertz CT molecular complexity index is 836. The molecule has 3 aromatic rings. The number of halogens is 2. The Morgan fingerprint density at radius 1 is 0.913 bits per heavy atom. The number of nitrogens with one attached hydrogen (secondary N) is 1. The Balaban J connectivity index is 1.75. The highest BCUT2D eigenvalue weighted by Crippen LogP contribution is 2.21. The lowest BCUT2D eigenvalue weighted by molar-refractivity contribution is 0.102. The minimum Gasteiger partial charge on any atom is -0.307 e. The molecule has 1 N–H and O–H groups in total. The molecule has 0 aliphatic heterocycles. The van der Waals surface area contributed by atoms with Gasteiger partial charge < -0.3 is 5.32 Å². The van der Waals surface area contributed by atoms with Gasteiger partial charge in [0, 0.05) is 18.0 Å². The largest absolute Gasteiger partial charge is 0.307 e. The van der Waals surface area contributed by atoms with Gasteiger partial charge in [-0.05, 0) is 23.8 Å². The van der Waals surface area contributed by atoms with E-state index in [2.05, 4.69) is 15.3 Å². The number of carbonyl (C=O) groups excluding carboxylic acids is 1. The lowest BCUT2D eigenvalue weighted by atomic mass is 10.1. The van der Waals surface area contributed by atoms with Gasteiger partial charge in [0.05, 0.1) is 10.6 Å². The van der Waals surface area contributed by atoms with Crippen LogP contribution >= 0.6 is 23.2 Å². The van der Waals surface area contributed by atoms with Gasteiger partial charge in [0.15, 0.2) is 0 Å². The number of anilines is 1. The molecule has 23 heavy (non-hydrogen) atoms. The van der Waals surface area contributed by atoms with E-state index < -0.39 is 0 Å². The van der Waals surface area contributed by atoms with Crippen LogP contribution in [0.25, 0.3) is 11.1 Å². The van der Waals surface area contributed by atoms with Gasteiger partial charge in [0.2, 0.25) is 0 Å². The number of aromatic nitrogens is 2. The molecule has 2 heterocycles. The van der Waals surface area contributed by atoms with Crippen LogP contribution in [0.1, 0.15) is 10.4 Å². The molecule has 3 rings (SSSR count). The van der Waals surface area contributed by atoms with Crippen molar-refractivity contribution in [3.8, 4) is 11.1 Å². The third-order valence-electron chi connectivity index (χ3n) is 3.17. The predicted molar refractivity (Wildman–Crippen MR) is 91.9 cm³/mol. The van der Waals surface area contributed by atoms with Crippen molar-refractivity contribution >= 4 is 34.9 Å². The van der Waals surface area contributed by atoms with E-state index >= 15 is 0 Å². The molecule has 6 heteroatoms. The molecular formula is C17H11Cl2N3O. The molecule has 114 valence electrons. The van der Waals surface area contributed by atoms with Crippen molar-refractivity contribution in [3.05, 3.63) is 76.7 Å². The fourth-order valence-corrected chi connectivity index (χ4v) is 2.27. The minimum absolute atomic E-state index is 0.161. The number of carbonyl (C=O) groups is 1. The Labute approximate surface area is 143 Å². The van der Waals surface area contributed by atoms with Crippen LogP contribution in [0.5, 0.6) is 0 Å². The van der Waals surface area contributed by atoms with Gasteiger partial charge in [-0.3, -0.25) is 4.79 Å². The van der Waals surface area contributed by atoms with E-state index in [1.54, 1.807) is 12.3 Å². The van der Waals surface area contributed by atoms with Gasteiger partial charge in [-0.25, -0.2) is 9.97 Å². The third-order valence-corrected chi connectivity index (χ3v) is 3.86. The van der Waals surface area contributed by atoms with E-state index in [4.69, 9.17) is 23.2 Å². The highest BCUT2D eigenvalue weighted by molar-refractivity contribution is 6.41. The van der Waals surface area contributed by atoms with Crippen LogP contribution in [0.3, 0.4) is 0 Å². The zero-order valence-corrected chi connectivity index (χ0v) is 13.3. The molecule has 0 radical (unpaired) electrons. The molecule has 0 aliphatic rings. The van der Waals surface area contributed by atoms with Crippen molar-refractivity contribution in [3.63, 3.8) is 0 Å². The van der Waals surface area contributed by atoms with E-state index in [9.17, 15) is 4.79 Å². The number of pyridine rings is 2. The fraction of sp³-hybridized carbons (Fsp3) is 0. The summed E-state index contributed by atoms with van der Waals surface area (Å²) in [6, 6.07) is 15.0. The summed E-state index contributed by atoms with van der Waals surface area (Å²) in [5, 5.41) is 3.08. The highest BCUT2D eigenvalue weighted by atomic mass is 35.5. The molecule has 2 aromatic heterocycles. The molecule has 0 saturated carbocycles. The van der Waals surface area contributed by atoms with Gasteiger partial charge in [-0.15, -0.1) is 0 Å². The first-order valence-electron chi connectivity index (χ1n) is 6.77. The van der Waals surface area contributed by atoms with E-state index in [1.807, 2.05) is 36.4 Å². The van der Waals surface area contributed by atoms with Crippen LogP contribution < -0.4 is 5.32 Å². The lowest BCUT2D eigenvalue weighted by Crippen LogP contribution is -2.13. The molecule has 0 spiro atoms. The number of benzene rings is 1. The zero-order chi connectivity index (χ0) is 16.2. The highest BCUT2D eigenvalue weighted by Gasteiger charge is 2.10. The summed E-state index contributed by atoms with van der Waals surface area (Å²) < 4.78 is 0. The molecule has 0 saturated heterocycles. The normalized spacial score (nSPS) is 10.3. The number of hydrogen-bond acceptors (Lipinski definition) is 3. The maximum atomic E-state index is 12.1. The molecule has 4 nitrogen and oxygen atoms in total. The smallest absolute Gasteiger partial charge is 0.258 e. The van der Waals surface area contributed by atoms with Gasteiger partial charge in [0.1, 0.15) is 11.0 Å². The van der Waals surface area contributed by atoms with Crippen LogP contribution in [0, 0.1) is 0 Å². The summed E-state index contributed by atoms with van der Waals surface area (Å²) in [5.74, 6) is 0.0942. The van der Waals surface area contributed by atoms with Crippen LogP contribution in [-0.4, -0.2) is 15.9 Å². The predicted octanol–water partition coefficient (Wildman–Crippen LogP) is 4.70. The molecule has 0 bridgehead atoms. The van der Waals surface area contributed by atoms with E-state index in [0.29, 0.717) is 11.4 Å². The second kappa shape index (κ2) is 6.77. The first-order valence-corrected chi connectivity index (χ1v) is 7.53. The fourth-order valence-electron chi connectivity index (χ4n) is 2.00. The number of nitrogens with zero attached hydrogens (tertiary/aromatic N) is 2.